The van der Waals surface area contributed by atoms with Gasteiger partial charge in [-0.05, 0) is 18.6 Å². The Balaban J connectivity index is 2.00. The molecule has 0 radical (unpaired) electrons. The molecule has 30 heavy (non-hydrogen) atoms. The summed E-state index contributed by atoms with van der Waals surface area (Å²) in [5.74, 6) is 0.986. The van der Waals surface area contributed by atoms with Crippen molar-refractivity contribution in [2.24, 2.45) is 0 Å². The third-order valence-electron chi connectivity index (χ3n) is 5.39. The maximum Gasteiger partial charge on any atom is 0.233 e. The Hall–Kier alpha value is -2.04. The highest BCUT2D eigenvalue weighted by Gasteiger charge is 2.31. The minimum absolute atomic E-state index is 0.275. The van der Waals surface area contributed by atoms with E-state index < -0.39 is 16.1 Å². The van der Waals surface area contributed by atoms with Crippen LogP contribution in [0.4, 0.5) is 5.69 Å². The first kappa shape index (κ1) is 24.2. The highest BCUT2D eigenvalue weighted by Crippen LogP contribution is 2.32. The number of nitrogens with zero attached hydrogens (tertiary/aromatic N) is 3. The Morgan fingerprint density at radius 2 is 1.80 bits per heavy atom. The molecule has 1 saturated heterocycles. The van der Waals surface area contributed by atoms with Crippen molar-refractivity contribution in [2.75, 3.05) is 51.1 Å². The second kappa shape index (κ2) is 11.4. The van der Waals surface area contributed by atoms with Crippen LogP contribution >= 0.6 is 0 Å². The Bertz CT molecular complexity index is 781. The molecule has 170 valence electrons. The standard InChI is InChI=1S/C20H33N3O6S/c1-4-5-6-7-18(23(25)16-24)15-30(26,27)22-12-10-21(11-13-22)17-8-9-19(28-2)20(14-17)29-3/h8-9,14,16,18,25H,4-7,10-13,15H2,1-3H3. The molecule has 0 aromatic heterocycles. The molecule has 1 atom stereocenters. The van der Waals surface area contributed by atoms with Crippen LogP contribution in [-0.4, -0.2) is 81.6 Å². The number of unbranched alkanes of at least 4 members (excludes halogenated alkanes) is 2. The minimum Gasteiger partial charge on any atom is -0.493 e. The van der Waals surface area contributed by atoms with Crippen molar-refractivity contribution in [1.29, 1.82) is 0 Å². The Morgan fingerprint density at radius 1 is 1.13 bits per heavy atom. The van der Waals surface area contributed by atoms with Gasteiger partial charge in [0.25, 0.3) is 0 Å². The van der Waals surface area contributed by atoms with Crippen LogP contribution < -0.4 is 14.4 Å². The van der Waals surface area contributed by atoms with Crippen molar-refractivity contribution in [2.45, 2.75) is 38.6 Å². The summed E-state index contributed by atoms with van der Waals surface area (Å²) in [6.07, 6.45) is 3.39. The maximum atomic E-state index is 12.9. The van der Waals surface area contributed by atoms with Crippen molar-refractivity contribution < 1.29 is 27.9 Å². The number of ether oxygens (including phenoxy) is 2. The molecule has 1 N–H and O–H groups in total. The molecular formula is C20H33N3O6S. The quantitative estimate of drug-likeness (QED) is 0.228. The Kier molecular flexibility index (Phi) is 9.19. The van der Waals surface area contributed by atoms with Crippen LogP contribution in [0.5, 0.6) is 11.5 Å². The van der Waals surface area contributed by atoms with Crippen molar-refractivity contribution in [3.63, 3.8) is 0 Å². The highest BCUT2D eigenvalue weighted by atomic mass is 32.2. The predicted molar refractivity (Wildman–Crippen MR) is 115 cm³/mol. The zero-order chi connectivity index (χ0) is 22.1. The summed E-state index contributed by atoms with van der Waals surface area (Å²) >= 11 is 0. The third kappa shape index (κ3) is 6.23. The fourth-order valence-electron chi connectivity index (χ4n) is 3.60. The number of rotatable bonds is 12. The second-order valence-corrected chi connectivity index (χ2v) is 9.35. The van der Waals surface area contributed by atoms with Gasteiger partial charge >= 0.3 is 0 Å². The van der Waals surface area contributed by atoms with Gasteiger partial charge in [-0.2, -0.15) is 4.31 Å². The van der Waals surface area contributed by atoms with Crippen molar-refractivity contribution in [1.82, 2.24) is 9.37 Å². The Labute approximate surface area is 179 Å². The topological polar surface area (TPSA) is 99.6 Å². The zero-order valence-electron chi connectivity index (χ0n) is 18.0. The second-order valence-electron chi connectivity index (χ2n) is 7.34. The molecule has 1 amide bonds. The third-order valence-corrected chi connectivity index (χ3v) is 7.35. The van der Waals surface area contributed by atoms with E-state index in [0.29, 0.717) is 49.2 Å². The van der Waals surface area contributed by atoms with E-state index in [-0.39, 0.29) is 12.2 Å². The maximum absolute atomic E-state index is 12.9. The van der Waals surface area contributed by atoms with Gasteiger partial charge in [0.05, 0.1) is 26.0 Å². The monoisotopic (exact) mass is 443 g/mol. The van der Waals surface area contributed by atoms with Crippen molar-refractivity contribution in [3.8, 4) is 11.5 Å². The lowest BCUT2D eigenvalue weighted by molar-refractivity contribution is -0.158. The van der Waals surface area contributed by atoms with E-state index >= 15 is 0 Å². The van der Waals surface area contributed by atoms with Crippen molar-refractivity contribution >= 4 is 22.1 Å². The molecule has 0 saturated carbocycles. The van der Waals surface area contributed by atoms with E-state index in [1.165, 1.54) is 4.31 Å². The van der Waals surface area contributed by atoms with Crippen LogP contribution in [0.3, 0.4) is 0 Å². The van der Waals surface area contributed by atoms with Gasteiger partial charge in [-0.3, -0.25) is 10.0 Å². The van der Waals surface area contributed by atoms with E-state index in [9.17, 15) is 18.4 Å². The largest absolute Gasteiger partial charge is 0.493 e. The van der Waals surface area contributed by atoms with E-state index in [1.807, 2.05) is 25.1 Å². The van der Waals surface area contributed by atoms with Gasteiger partial charge in [0.2, 0.25) is 16.4 Å². The number of hydroxylamine groups is 2. The van der Waals surface area contributed by atoms with Gasteiger partial charge in [0.15, 0.2) is 11.5 Å². The lowest BCUT2D eigenvalue weighted by Gasteiger charge is -2.36. The minimum atomic E-state index is -3.60. The summed E-state index contributed by atoms with van der Waals surface area (Å²) in [6, 6.07) is 4.89. The van der Waals surface area contributed by atoms with Gasteiger partial charge in [0, 0.05) is 37.9 Å². The molecule has 1 fully saturated rings. The van der Waals surface area contributed by atoms with Crippen molar-refractivity contribution in [3.05, 3.63) is 18.2 Å². The summed E-state index contributed by atoms with van der Waals surface area (Å²) in [6.45, 7) is 3.79. The average molecular weight is 444 g/mol. The number of carbonyl (C=O) groups excluding carboxylic acids is 1. The van der Waals surface area contributed by atoms with E-state index in [2.05, 4.69) is 4.90 Å². The molecule has 0 bridgehead atoms. The summed E-state index contributed by atoms with van der Waals surface area (Å²) in [5.41, 5.74) is 0.935. The molecule has 1 aliphatic rings. The van der Waals surface area contributed by atoms with Crippen LogP contribution in [0.25, 0.3) is 0 Å². The van der Waals surface area contributed by atoms with Gasteiger partial charge in [0.1, 0.15) is 0 Å². The smallest absolute Gasteiger partial charge is 0.233 e. The fraction of sp³-hybridized carbons (Fsp3) is 0.650. The van der Waals surface area contributed by atoms with Crippen LogP contribution in [0.2, 0.25) is 0 Å². The first-order valence-electron chi connectivity index (χ1n) is 10.2. The lowest BCUT2D eigenvalue weighted by Crippen LogP contribution is -2.51. The number of anilines is 1. The normalized spacial score (nSPS) is 16.2. The number of sulfonamides is 1. The number of hydrogen-bond acceptors (Lipinski definition) is 7. The molecule has 0 aliphatic carbocycles. The molecule has 1 aromatic carbocycles. The summed E-state index contributed by atoms with van der Waals surface area (Å²) in [5, 5.41) is 10.3. The molecule has 1 aromatic rings. The summed E-state index contributed by atoms with van der Waals surface area (Å²) < 4.78 is 37.8. The van der Waals surface area contributed by atoms with Gasteiger partial charge in [-0.25, -0.2) is 13.5 Å². The van der Waals surface area contributed by atoms with E-state index in [1.54, 1.807) is 14.2 Å². The number of hydrogen-bond donors (Lipinski definition) is 1. The number of amides is 1. The number of carbonyl (C=O) groups is 1. The van der Waals surface area contributed by atoms with Crippen LogP contribution in [0, 0.1) is 0 Å². The number of methoxy groups -OCH3 is 2. The molecule has 9 nitrogen and oxygen atoms in total. The number of piperazine rings is 1. The van der Waals surface area contributed by atoms with Crippen LogP contribution in [-0.2, 0) is 14.8 Å². The fourth-order valence-corrected chi connectivity index (χ4v) is 5.34. The lowest BCUT2D eigenvalue weighted by atomic mass is 10.1. The van der Waals surface area contributed by atoms with Gasteiger partial charge in [-0.15, -0.1) is 0 Å². The van der Waals surface area contributed by atoms with E-state index in [4.69, 9.17) is 9.47 Å². The molecule has 1 heterocycles. The zero-order valence-corrected chi connectivity index (χ0v) is 18.8. The summed E-state index contributed by atoms with van der Waals surface area (Å²) in [7, 11) is -0.448. The molecular weight excluding hydrogens is 410 g/mol. The molecule has 1 aliphatic heterocycles. The van der Waals surface area contributed by atoms with Gasteiger partial charge < -0.3 is 14.4 Å². The SMILES string of the molecule is CCCCCC(CS(=O)(=O)N1CCN(c2ccc(OC)c(OC)c2)CC1)N(O)C=O. The van der Waals surface area contributed by atoms with Crippen LogP contribution in [0.1, 0.15) is 32.6 Å². The number of benzene rings is 1. The molecule has 10 heteroatoms. The Morgan fingerprint density at radius 3 is 2.37 bits per heavy atom. The first-order valence-corrected chi connectivity index (χ1v) is 11.8. The summed E-state index contributed by atoms with van der Waals surface area (Å²) in [4.78, 5) is 13.1. The molecule has 2 rings (SSSR count). The first-order chi connectivity index (χ1) is 14.4. The van der Waals surface area contributed by atoms with Crippen LogP contribution in [0.15, 0.2) is 18.2 Å². The average Bonchev–Trinajstić information content (AvgIpc) is 2.77. The highest BCUT2D eigenvalue weighted by molar-refractivity contribution is 7.89. The molecule has 0 spiro atoms. The predicted octanol–water partition coefficient (Wildman–Crippen LogP) is 1.95. The molecule has 1 unspecified atom stereocenters. The van der Waals surface area contributed by atoms with E-state index in [0.717, 1.165) is 24.9 Å². The van der Waals surface area contributed by atoms with Gasteiger partial charge in [-0.1, -0.05) is 26.2 Å².